The Hall–Kier alpha value is -0.753. The van der Waals surface area contributed by atoms with Crippen molar-refractivity contribution in [2.75, 3.05) is 145 Å². The first-order chi connectivity index (χ1) is 22.2. The van der Waals surface area contributed by atoms with Crippen molar-refractivity contribution < 1.29 is 61.3 Å². The molecule has 0 aromatic carbocycles. The van der Waals surface area contributed by atoms with E-state index in [4.69, 9.17) is 56.5 Å². The number of carbonyl (C=O) groups is 1. The lowest BCUT2D eigenvalue weighted by Crippen LogP contribution is -2.41. The van der Waals surface area contributed by atoms with E-state index in [1.54, 1.807) is 0 Å². The molecule has 0 fully saturated rings. The fourth-order valence-corrected chi connectivity index (χ4v) is 4.17. The zero-order chi connectivity index (χ0) is 34.0. The third-order valence-corrected chi connectivity index (χ3v) is 11.3. The number of esters is 1. The van der Waals surface area contributed by atoms with E-state index in [9.17, 15) is 4.79 Å². The SMILES string of the molecule is CCCC(=O)OCCOCCOCCOCCOCCOCCOCCOCCOCCOCCOCCO[Si](C)(C)C(C)(C)C. The van der Waals surface area contributed by atoms with Gasteiger partial charge in [0.25, 0.3) is 0 Å². The van der Waals surface area contributed by atoms with Crippen LogP contribution in [0.15, 0.2) is 0 Å². The summed E-state index contributed by atoms with van der Waals surface area (Å²) in [7, 11) is -1.70. The van der Waals surface area contributed by atoms with Gasteiger partial charge in [0.05, 0.1) is 139 Å². The van der Waals surface area contributed by atoms with Gasteiger partial charge in [0.1, 0.15) is 6.61 Å². The maximum atomic E-state index is 11.2. The third-order valence-electron chi connectivity index (χ3n) is 6.79. The van der Waals surface area contributed by atoms with E-state index in [0.717, 1.165) is 6.42 Å². The molecule has 13 nitrogen and oxygen atoms in total. The van der Waals surface area contributed by atoms with Gasteiger partial charge in [-0.05, 0) is 24.6 Å². The zero-order valence-electron chi connectivity index (χ0n) is 29.8. The van der Waals surface area contributed by atoms with E-state index in [0.29, 0.717) is 145 Å². The van der Waals surface area contributed by atoms with Gasteiger partial charge in [-0.15, -0.1) is 0 Å². The van der Waals surface area contributed by atoms with Crippen molar-refractivity contribution in [3.63, 3.8) is 0 Å². The first-order valence-electron chi connectivity index (χ1n) is 16.8. The molecule has 276 valence electrons. The molecule has 0 bridgehead atoms. The Bertz CT molecular complexity index is 650. The highest BCUT2D eigenvalue weighted by atomic mass is 28.4. The Kier molecular flexibility index (Phi) is 32.2. The van der Waals surface area contributed by atoms with Crippen molar-refractivity contribution in [1.82, 2.24) is 0 Å². The van der Waals surface area contributed by atoms with E-state index >= 15 is 0 Å². The minimum Gasteiger partial charge on any atom is -0.463 e. The molecule has 0 heterocycles. The smallest absolute Gasteiger partial charge is 0.305 e. The Labute approximate surface area is 279 Å². The van der Waals surface area contributed by atoms with E-state index in [2.05, 4.69) is 33.9 Å². The van der Waals surface area contributed by atoms with Crippen LogP contribution in [0.4, 0.5) is 0 Å². The van der Waals surface area contributed by atoms with Crippen LogP contribution in [0, 0.1) is 0 Å². The van der Waals surface area contributed by atoms with Crippen LogP contribution in [0.5, 0.6) is 0 Å². The van der Waals surface area contributed by atoms with Gasteiger partial charge in [-0.3, -0.25) is 4.79 Å². The van der Waals surface area contributed by atoms with Gasteiger partial charge in [0, 0.05) is 6.42 Å². The number of rotatable bonds is 36. The Morgan fingerprint density at radius 1 is 0.435 bits per heavy atom. The molecule has 0 aliphatic rings. The van der Waals surface area contributed by atoms with E-state index in [-0.39, 0.29) is 17.6 Å². The molecular formula is C32H66O13Si. The summed E-state index contributed by atoms with van der Waals surface area (Å²) in [6.07, 6.45) is 1.23. The third kappa shape index (κ3) is 31.8. The Balaban J connectivity index is 3.14. The maximum absolute atomic E-state index is 11.2. The van der Waals surface area contributed by atoms with Crippen LogP contribution in [0.1, 0.15) is 40.5 Å². The summed E-state index contributed by atoms with van der Waals surface area (Å²) in [6, 6.07) is 0. The fraction of sp³-hybridized carbons (Fsp3) is 0.969. The van der Waals surface area contributed by atoms with Crippen LogP contribution in [0.2, 0.25) is 18.1 Å². The number of ether oxygens (including phenoxy) is 11. The first-order valence-corrected chi connectivity index (χ1v) is 19.7. The molecule has 0 N–H and O–H groups in total. The lowest BCUT2D eigenvalue weighted by atomic mass is 10.2. The summed E-state index contributed by atoms with van der Waals surface area (Å²) < 4.78 is 65.8. The van der Waals surface area contributed by atoms with Gasteiger partial charge in [0.2, 0.25) is 0 Å². The largest absolute Gasteiger partial charge is 0.463 e. The van der Waals surface area contributed by atoms with Crippen molar-refractivity contribution in [2.24, 2.45) is 0 Å². The summed E-state index contributed by atoms with van der Waals surface area (Å²) >= 11 is 0. The fourth-order valence-electron chi connectivity index (χ4n) is 3.14. The van der Waals surface area contributed by atoms with Gasteiger partial charge in [-0.25, -0.2) is 0 Å². The van der Waals surface area contributed by atoms with Crippen LogP contribution in [-0.2, 0) is 61.3 Å². The Morgan fingerprint density at radius 2 is 0.674 bits per heavy atom. The molecule has 14 heteroatoms. The van der Waals surface area contributed by atoms with Crippen molar-refractivity contribution in [1.29, 1.82) is 0 Å². The van der Waals surface area contributed by atoms with Crippen molar-refractivity contribution >= 4 is 14.3 Å². The number of hydrogen-bond acceptors (Lipinski definition) is 13. The Morgan fingerprint density at radius 3 is 0.913 bits per heavy atom. The normalized spacial score (nSPS) is 12.2. The van der Waals surface area contributed by atoms with Crippen molar-refractivity contribution in [3.05, 3.63) is 0 Å². The maximum Gasteiger partial charge on any atom is 0.305 e. The predicted octanol–water partition coefficient (Wildman–Crippen LogP) is 3.52. The summed E-state index contributed by atoms with van der Waals surface area (Å²) in [5.41, 5.74) is 0. The van der Waals surface area contributed by atoms with Gasteiger partial charge < -0.3 is 56.5 Å². The predicted molar refractivity (Wildman–Crippen MR) is 177 cm³/mol. The molecule has 0 aliphatic carbocycles. The molecule has 0 aromatic heterocycles. The summed E-state index contributed by atoms with van der Waals surface area (Å²) in [6.45, 7) is 24.1. The zero-order valence-corrected chi connectivity index (χ0v) is 30.8. The van der Waals surface area contributed by atoms with Gasteiger partial charge in [0.15, 0.2) is 8.32 Å². The minimum absolute atomic E-state index is 0.187. The quantitative estimate of drug-likeness (QED) is 0.0542. The van der Waals surface area contributed by atoms with E-state index in [1.165, 1.54) is 0 Å². The van der Waals surface area contributed by atoms with E-state index in [1.807, 2.05) is 6.92 Å². The highest BCUT2D eigenvalue weighted by Crippen LogP contribution is 2.36. The molecule has 0 aromatic rings. The molecule has 0 spiro atoms. The molecule has 0 amide bonds. The second-order valence-corrected chi connectivity index (χ2v) is 16.5. The highest BCUT2D eigenvalue weighted by Gasteiger charge is 2.36. The summed E-state index contributed by atoms with van der Waals surface area (Å²) in [5.74, 6) is -0.187. The average Bonchev–Trinajstić information content (AvgIpc) is 3.00. The van der Waals surface area contributed by atoms with Crippen LogP contribution >= 0.6 is 0 Å². The van der Waals surface area contributed by atoms with Crippen LogP contribution < -0.4 is 0 Å². The molecule has 0 radical (unpaired) electrons. The summed E-state index contributed by atoms with van der Waals surface area (Å²) in [4.78, 5) is 11.2. The van der Waals surface area contributed by atoms with Crippen molar-refractivity contribution in [2.45, 2.75) is 58.7 Å². The summed E-state index contributed by atoms with van der Waals surface area (Å²) in [5, 5.41) is 0.215. The van der Waals surface area contributed by atoms with Gasteiger partial charge >= 0.3 is 5.97 Å². The van der Waals surface area contributed by atoms with Crippen LogP contribution in [0.25, 0.3) is 0 Å². The molecule has 0 aliphatic heterocycles. The molecule has 0 atom stereocenters. The lowest BCUT2D eigenvalue weighted by Gasteiger charge is -2.36. The van der Waals surface area contributed by atoms with Crippen LogP contribution in [0.3, 0.4) is 0 Å². The first kappa shape index (κ1) is 45.2. The topological polar surface area (TPSA) is 128 Å². The number of carbonyl (C=O) groups excluding carboxylic acids is 1. The van der Waals surface area contributed by atoms with Crippen LogP contribution in [-0.4, -0.2) is 160 Å². The lowest BCUT2D eigenvalue weighted by molar-refractivity contribution is -0.145. The second-order valence-electron chi connectivity index (χ2n) is 11.7. The molecular weight excluding hydrogens is 620 g/mol. The average molecular weight is 687 g/mol. The van der Waals surface area contributed by atoms with Gasteiger partial charge in [-0.2, -0.15) is 0 Å². The van der Waals surface area contributed by atoms with Gasteiger partial charge in [-0.1, -0.05) is 27.7 Å². The van der Waals surface area contributed by atoms with Crippen molar-refractivity contribution in [3.8, 4) is 0 Å². The molecule has 46 heavy (non-hydrogen) atoms. The molecule has 0 unspecified atom stereocenters. The molecule has 0 saturated heterocycles. The monoisotopic (exact) mass is 686 g/mol. The molecule has 0 saturated carbocycles. The molecule has 0 rings (SSSR count). The standard InChI is InChI=1S/C32H66O13Si/c1-7-8-31(33)44-29-27-42-25-23-40-21-19-38-17-15-36-13-11-34-9-10-35-12-14-37-16-18-39-20-22-41-24-26-43-28-30-45-46(5,6)32(2,3)4/h7-30H2,1-6H3. The highest BCUT2D eigenvalue weighted by molar-refractivity contribution is 6.74. The number of hydrogen-bond donors (Lipinski definition) is 0. The minimum atomic E-state index is -1.70. The second kappa shape index (κ2) is 32.8. The van der Waals surface area contributed by atoms with E-state index < -0.39 is 8.32 Å².